The molecule has 3 N–H and O–H groups in total. The second-order valence-electron chi connectivity index (χ2n) is 11.6. The Bertz CT molecular complexity index is 566. The predicted octanol–water partition coefficient (Wildman–Crippen LogP) is 4.67. The number of fused-ring (bicyclic) bond motifs is 2. The zero-order chi connectivity index (χ0) is 26.0. The van der Waals surface area contributed by atoms with Crippen molar-refractivity contribution in [2.45, 2.75) is 165 Å². The highest BCUT2D eigenvalue weighted by Gasteiger charge is 2.53. The van der Waals surface area contributed by atoms with E-state index in [-0.39, 0.29) is 44.2 Å². The maximum atomic E-state index is 9.78. The topological polar surface area (TPSA) is 97.6 Å². The van der Waals surface area contributed by atoms with Gasteiger partial charge in [-0.3, -0.25) is 0 Å². The van der Waals surface area contributed by atoms with Gasteiger partial charge in [-0.1, -0.05) is 52.9 Å². The van der Waals surface area contributed by atoms with Crippen LogP contribution < -0.4 is 0 Å². The van der Waals surface area contributed by atoms with E-state index < -0.39 is 11.2 Å². The zero-order valence-electron chi connectivity index (χ0n) is 23.2. The van der Waals surface area contributed by atoms with Crippen molar-refractivity contribution in [3.05, 3.63) is 0 Å². The molecule has 7 nitrogen and oxygen atoms in total. The first-order valence-corrected chi connectivity index (χ1v) is 15.0. The third-order valence-corrected chi connectivity index (χ3v) is 8.69. The maximum absolute atomic E-state index is 9.78. The SMILES string of the molecule is CCCC[C@H]1C[C@]2(CO)O[C@@H](CCC)CC[C@@H]2O1.CCCC[C@H]1C[C@]2(CO)O[C@@H](CCO)CC[C@@H]2O1. The molecule has 0 aromatic rings. The molecule has 36 heavy (non-hydrogen) atoms. The lowest BCUT2D eigenvalue weighted by Crippen LogP contribution is -2.51. The predicted molar refractivity (Wildman–Crippen MR) is 140 cm³/mol. The minimum Gasteiger partial charge on any atom is -0.396 e. The number of aliphatic hydroxyl groups excluding tert-OH is 3. The normalized spacial score (nSPS) is 39.8. The standard InChI is InChI=1S/C15H28O3.C14H26O4/c1-3-5-7-13-10-15(11-16)14(17-13)9-8-12(18-15)6-4-2;1-2-3-4-12-9-14(10-16)13(17-12)6-5-11(18-14)7-8-15/h12-14,16H,3-11H2,1-2H3;11-13,15-16H,2-10H2,1H3/t12-,13-,14-,15+;11-,12+,13+,14-/m01/s1. The summed E-state index contributed by atoms with van der Waals surface area (Å²) in [6, 6.07) is 0. The van der Waals surface area contributed by atoms with E-state index in [4.69, 9.17) is 24.1 Å². The summed E-state index contributed by atoms with van der Waals surface area (Å²) < 4.78 is 24.4. The molecule has 4 aliphatic heterocycles. The quantitative estimate of drug-likeness (QED) is 0.348. The van der Waals surface area contributed by atoms with Crippen LogP contribution in [0.5, 0.6) is 0 Å². The molecule has 4 aliphatic rings. The second kappa shape index (κ2) is 14.8. The minimum atomic E-state index is -0.503. The van der Waals surface area contributed by atoms with E-state index in [9.17, 15) is 10.2 Å². The van der Waals surface area contributed by atoms with Gasteiger partial charge in [0.2, 0.25) is 0 Å². The lowest BCUT2D eigenvalue weighted by molar-refractivity contribution is -0.185. The molecule has 212 valence electrons. The van der Waals surface area contributed by atoms with Crippen LogP contribution in [0, 0.1) is 0 Å². The van der Waals surface area contributed by atoms with Crippen LogP contribution in [0.4, 0.5) is 0 Å². The van der Waals surface area contributed by atoms with Crippen LogP contribution in [0.1, 0.15) is 117 Å². The fraction of sp³-hybridized carbons (Fsp3) is 1.00. The number of hydrogen-bond acceptors (Lipinski definition) is 7. The van der Waals surface area contributed by atoms with Gasteiger partial charge in [0.05, 0.1) is 49.8 Å². The Kier molecular flexibility index (Phi) is 12.4. The molecule has 4 heterocycles. The fourth-order valence-corrected chi connectivity index (χ4v) is 6.69. The van der Waals surface area contributed by atoms with Gasteiger partial charge in [-0.2, -0.15) is 0 Å². The van der Waals surface area contributed by atoms with Gasteiger partial charge in [0.1, 0.15) is 11.2 Å². The Hall–Kier alpha value is -0.280. The number of ether oxygens (including phenoxy) is 4. The number of hydrogen-bond donors (Lipinski definition) is 3. The Morgan fingerprint density at radius 2 is 1.06 bits per heavy atom. The molecular formula is C29H54O7. The van der Waals surface area contributed by atoms with E-state index in [0.29, 0.717) is 18.6 Å². The second-order valence-corrected chi connectivity index (χ2v) is 11.6. The number of rotatable bonds is 12. The van der Waals surface area contributed by atoms with Gasteiger partial charge >= 0.3 is 0 Å². The molecule has 0 aromatic carbocycles. The van der Waals surface area contributed by atoms with Crippen molar-refractivity contribution in [1.29, 1.82) is 0 Å². The van der Waals surface area contributed by atoms with Crippen LogP contribution in [0.2, 0.25) is 0 Å². The highest BCUT2D eigenvalue weighted by molar-refractivity contribution is 5.02. The lowest BCUT2D eigenvalue weighted by atomic mass is 9.86. The summed E-state index contributed by atoms with van der Waals surface area (Å²) in [5.41, 5.74) is -0.896. The average molecular weight is 515 g/mol. The minimum absolute atomic E-state index is 0.0300. The first kappa shape index (κ1) is 30.3. The molecule has 0 saturated carbocycles. The van der Waals surface area contributed by atoms with Crippen molar-refractivity contribution in [2.24, 2.45) is 0 Å². The van der Waals surface area contributed by atoms with Crippen molar-refractivity contribution in [3.8, 4) is 0 Å². The van der Waals surface area contributed by atoms with E-state index in [2.05, 4.69) is 20.8 Å². The Morgan fingerprint density at radius 1 is 0.583 bits per heavy atom. The summed E-state index contributed by atoms with van der Waals surface area (Å²) >= 11 is 0. The van der Waals surface area contributed by atoms with Crippen molar-refractivity contribution >= 4 is 0 Å². The van der Waals surface area contributed by atoms with Gasteiger partial charge in [-0.25, -0.2) is 0 Å². The fourth-order valence-electron chi connectivity index (χ4n) is 6.69. The van der Waals surface area contributed by atoms with E-state index in [1.54, 1.807) is 0 Å². The largest absolute Gasteiger partial charge is 0.396 e. The number of aliphatic hydroxyl groups is 3. The molecule has 7 heteroatoms. The van der Waals surface area contributed by atoms with Gasteiger partial charge in [0, 0.05) is 19.4 Å². The van der Waals surface area contributed by atoms with Gasteiger partial charge in [0.25, 0.3) is 0 Å². The summed E-state index contributed by atoms with van der Waals surface area (Å²) in [6.45, 7) is 6.87. The third-order valence-electron chi connectivity index (χ3n) is 8.69. The summed E-state index contributed by atoms with van der Waals surface area (Å²) in [5.74, 6) is 0. The van der Waals surface area contributed by atoms with E-state index in [1.807, 2.05) is 0 Å². The maximum Gasteiger partial charge on any atom is 0.120 e. The Morgan fingerprint density at radius 3 is 1.44 bits per heavy atom. The molecule has 0 spiro atoms. The van der Waals surface area contributed by atoms with Crippen LogP contribution in [0.15, 0.2) is 0 Å². The molecular weight excluding hydrogens is 460 g/mol. The summed E-state index contributed by atoms with van der Waals surface area (Å²) in [4.78, 5) is 0. The molecule has 0 amide bonds. The monoisotopic (exact) mass is 514 g/mol. The number of unbranched alkanes of at least 4 members (excludes halogenated alkanes) is 2. The van der Waals surface area contributed by atoms with Crippen molar-refractivity contribution in [1.82, 2.24) is 0 Å². The highest BCUT2D eigenvalue weighted by atomic mass is 16.6. The van der Waals surface area contributed by atoms with Gasteiger partial charge in [0.15, 0.2) is 0 Å². The highest BCUT2D eigenvalue weighted by Crippen LogP contribution is 2.44. The summed E-state index contributed by atoms with van der Waals surface area (Å²) in [5, 5.41) is 28.5. The molecule has 0 unspecified atom stereocenters. The van der Waals surface area contributed by atoms with E-state index >= 15 is 0 Å². The van der Waals surface area contributed by atoms with Crippen LogP contribution in [-0.2, 0) is 18.9 Å². The van der Waals surface area contributed by atoms with Gasteiger partial charge in [-0.15, -0.1) is 0 Å². The molecule has 4 rings (SSSR count). The molecule has 0 aliphatic carbocycles. The smallest absolute Gasteiger partial charge is 0.120 e. The molecule has 4 fully saturated rings. The van der Waals surface area contributed by atoms with Crippen molar-refractivity contribution in [3.63, 3.8) is 0 Å². The molecule has 0 aromatic heterocycles. The van der Waals surface area contributed by atoms with Crippen LogP contribution in [0.3, 0.4) is 0 Å². The van der Waals surface area contributed by atoms with Crippen molar-refractivity contribution in [2.75, 3.05) is 19.8 Å². The third kappa shape index (κ3) is 7.43. The summed E-state index contributed by atoms with van der Waals surface area (Å²) in [7, 11) is 0. The molecule has 0 radical (unpaired) electrons. The average Bonchev–Trinajstić information content (AvgIpc) is 3.45. The Balaban J connectivity index is 0.000000201. The van der Waals surface area contributed by atoms with Crippen molar-refractivity contribution < 1.29 is 34.3 Å². The van der Waals surface area contributed by atoms with Crippen LogP contribution in [-0.4, -0.2) is 83.0 Å². The van der Waals surface area contributed by atoms with Crippen LogP contribution in [0.25, 0.3) is 0 Å². The van der Waals surface area contributed by atoms with Crippen LogP contribution >= 0.6 is 0 Å². The zero-order valence-corrected chi connectivity index (χ0v) is 23.2. The molecule has 0 bridgehead atoms. The summed E-state index contributed by atoms with van der Waals surface area (Å²) in [6.07, 6.45) is 16.6. The lowest BCUT2D eigenvalue weighted by Gasteiger charge is -2.40. The Labute approximate surface area is 219 Å². The van der Waals surface area contributed by atoms with Gasteiger partial charge < -0.3 is 34.3 Å². The van der Waals surface area contributed by atoms with E-state index in [1.165, 1.54) is 25.7 Å². The molecule has 8 atom stereocenters. The first-order valence-electron chi connectivity index (χ1n) is 15.0. The molecule has 4 saturated heterocycles. The van der Waals surface area contributed by atoms with E-state index in [0.717, 1.165) is 64.2 Å². The van der Waals surface area contributed by atoms with Gasteiger partial charge in [-0.05, 0) is 51.4 Å². The first-order chi connectivity index (χ1) is 17.5.